The molecule has 0 aliphatic carbocycles. The minimum atomic E-state index is -0.292. The van der Waals surface area contributed by atoms with E-state index in [2.05, 4.69) is 10.5 Å². The van der Waals surface area contributed by atoms with Crippen LogP contribution in [-0.2, 0) is 0 Å². The molecule has 0 saturated carbocycles. The van der Waals surface area contributed by atoms with Gasteiger partial charge in [0.05, 0.1) is 16.3 Å². The van der Waals surface area contributed by atoms with E-state index in [1.54, 1.807) is 42.5 Å². The molecule has 0 aliphatic heterocycles. The van der Waals surface area contributed by atoms with Crippen molar-refractivity contribution in [3.05, 3.63) is 69.7 Å². The van der Waals surface area contributed by atoms with E-state index in [1.165, 1.54) is 6.21 Å². The van der Waals surface area contributed by atoms with Crippen molar-refractivity contribution in [1.29, 1.82) is 0 Å². The molecule has 2 rings (SSSR count). The fraction of sp³-hybridized carbons (Fsp3) is 0. The molecule has 19 heavy (non-hydrogen) atoms. The summed E-state index contributed by atoms with van der Waals surface area (Å²) in [4.78, 5) is 11.7. The second-order valence-corrected chi connectivity index (χ2v) is 4.51. The van der Waals surface area contributed by atoms with Crippen LogP contribution in [0.25, 0.3) is 0 Å². The summed E-state index contributed by atoms with van der Waals surface area (Å²) in [7, 11) is 0. The van der Waals surface area contributed by atoms with E-state index in [0.29, 0.717) is 21.2 Å². The number of benzene rings is 2. The van der Waals surface area contributed by atoms with Crippen LogP contribution in [0.3, 0.4) is 0 Å². The maximum atomic E-state index is 11.7. The van der Waals surface area contributed by atoms with Gasteiger partial charge in [-0.1, -0.05) is 47.5 Å². The molecule has 0 fully saturated rings. The lowest BCUT2D eigenvalue weighted by atomic mass is 10.2. The van der Waals surface area contributed by atoms with Crippen LogP contribution in [0.15, 0.2) is 53.6 Å². The molecule has 0 heterocycles. The van der Waals surface area contributed by atoms with Crippen LogP contribution in [0.4, 0.5) is 0 Å². The molecule has 1 amide bonds. The van der Waals surface area contributed by atoms with Crippen LogP contribution in [0.5, 0.6) is 0 Å². The highest BCUT2D eigenvalue weighted by atomic mass is 35.5. The molecular weight excluding hydrogens is 283 g/mol. The maximum absolute atomic E-state index is 11.7. The summed E-state index contributed by atoms with van der Waals surface area (Å²) < 4.78 is 0. The van der Waals surface area contributed by atoms with Crippen molar-refractivity contribution < 1.29 is 4.79 Å². The fourth-order valence-corrected chi connectivity index (χ4v) is 1.94. The first-order valence-electron chi connectivity index (χ1n) is 5.51. The van der Waals surface area contributed by atoms with E-state index in [-0.39, 0.29) is 5.91 Å². The molecular formula is C14H10Cl2N2O. The van der Waals surface area contributed by atoms with E-state index in [1.807, 2.05) is 6.07 Å². The van der Waals surface area contributed by atoms with Crippen molar-refractivity contribution in [3.8, 4) is 0 Å². The molecule has 1 N–H and O–H groups in total. The molecule has 0 aromatic heterocycles. The number of carbonyl (C=O) groups is 1. The first-order chi connectivity index (χ1) is 9.18. The van der Waals surface area contributed by atoms with Gasteiger partial charge in [-0.2, -0.15) is 5.10 Å². The molecule has 0 aliphatic rings. The number of carbonyl (C=O) groups excluding carboxylic acids is 1. The Morgan fingerprint density at radius 2 is 1.63 bits per heavy atom. The molecule has 0 saturated heterocycles. The Kier molecular flexibility index (Phi) is 4.55. The highest BCUT2D eigenvalue weighted by Crippen LogP contribution is 2.21. The smallest absolute Gasteiger partial charge is 0.267 e. The summed E-state index contributed by atoms with van der Waals surface area (Å²) in [6.45, 7) is 0. The molecule has 2 aromatic carbocycles. The second-order valence-electron chi connectivity index (χ2n) is 3.70. The lowest BCUT2D eigenvalue weighted by Gasteiger charge is -2.01. The lowest BCUT2D eigenvalue weighted by Crippen LogP contribution is -2.17. The van der Waals surface area contributed by atoms with E-state index in [4.69, 9.17) is 23.2 Å². The number of hydrogen-bond acceptors (Lipinski definition) is 2. The monoisotopic (exact) mass is 292 g/mol. The Morgan fingerprint density at radius 3 is 2.26 bits per heavy atom. The van der Waals surface area contributed by atoms with Gasteiger partial charge < -0.3 is 0 Å². The van der Waals surface area contributed by atoms with Crippen LogP contribution in [0, 0.1) is 0 Å². The molecule has 0 spiro atoms. The van der Waals surface area contributed by atoms with Crippen LogP contribution in [0.1, 0.15) is 15.9 Å². The molecule has 0 radical (unpaired) electrons. The van der Waals surface area contributed by atoms with Gasteiger partial charge in [-0.15, -0.1) is 0 Å². The third kappa shape index (κ3) is 3.56. The van der Waals surface area contributed by atoms with E-state index < -0.39 is 0 Å². The summed E-state index contributed by atoms with van der Waals surface area (Å²) in [6.07, 6.45) is 1.42. The first kappa shape index (κ1) is 13.6. The van der Waals surface area contributed by atoms with Crippen molar-refractivity contribution in [2.75, 3.05) is 0 Å². The molecule has 3 nitrogen and oxygen atoms in total. The SMILES string of the molecule is O=C(N/N=C\c1c(Cl)cccc1Cl)c1ccccc1. The van der Waals surface area contributed by atoms with Crippen LogP contribution in [-0.4, -0.2) is 12.1 Å². The van der Waals surface area contributed by atoms with Gasteiger partial charge in [-0.25, -0.2) is 5.43 Å². The minimum Gasteiger partial charge on any atom is -0.267 e. The van der Waals surface area contributed by atoms with Gasteiger partial charge in [0.1, 0.15) is 0 Å². The standard InChI is InChI=1S/C14H10Cl2N2O/c15-12-7-4-8-13(16)11(12)9-17-18-14(19)10-5-2-1-3-6-10/h1-9H,(H,18,19)/b17-9-. The van der Waals surface area contributed by atoms with Crippen molar-refractivity contribution >= 4 is 35.3 Å². The van der Waals surface area contributed by atoms with Crippen molar-refractivity contribution in [2.45, 2.75) is 0 Å². The Labute approximate surface area is 120 Å². The number of rotatable bonds is 3. The van der Waals surface area contributed by atoms with Gasteiger partial charge in [-0.3, -0.25) is 4.79 Å². The molecule has 0 bridgehead atoms. The predicted octanol–water partition coefficient (Wildman–Crippen LogP) is 3.76. The first-order valence-corrected chi connectivity index (χ1v) is 6.26. The summed E-state index contributed by atoms with van der Waals surface area (Å²) in [5.74, 6) is -0.292. The third-order valence-electron chi connectivity index (χ3n) is 2.40. The molecule has 5 heteroatoms. The Morgan fingerprint density at radius 1 is 1.00 bits per heavy atom. The average Bonchev–Trinajstić information content (AvgIpc) is 2.43. The number of hydrazone groups is 1. The third-order valence-corrected chi connectivity index (χ3v) is 3.05. The van der Waals surface area contributed by atoms with Crippen LogP contribution >= 0.6 is 23.2 Å². The maximum Gasteiger partial charge on any atom is 0.271 e. The van der Waals surface area contributed by atoms with Gasteiger partial charge in [0.25, 0.3) is 5.91 Å². The van der Waals surface area contributed by atoms with Crippen LogP contribution in [0.2, 0.25) is 10.0 Å². The molecule has 96 valence electrons. The largest absolute Gasteiger partial charge is 0.271 e. The summed E-state index contributed by atoms with van der Waals surface area (Å²) in [5.41, 5.74) is 3.52. The minimum absolute atomic E-state index is 0.292. The topological polar surface area (TPSA) is 41.5 Å². The quantitative estimate of drug-likeness (QED) is 0.679. The van der Waals surface area contributed by atoms with E-state index in [0.717, 1.165) is 0 Å². The highest BCUT2D eigenvalue weighted by Gasteiger charge is 2.04. The van der Waals surface area contributed by atoms with Gasteiger partial charge in [-0.05, 0) is 24.3 Å². The zero-order valence-corrected chi connectivity index (χ0v) is 11.3. The Bertz CT molecular complexity index is 592. The highest BCUT2D eigenvalue weighted by molar-refractivity contribution is 6.38. The Hall–Kier alpha value is -1.84. The van der Waals surface area contributed by atoms with Crippen molar-refractivity contribution in [2.24, 2.45) is 5.10 Å². The van der Waals surface area contributed by atoms with Gasteiger partial charge in [0.2, 0.25) is 0 Å². The van der Waals surface area contributed by atoms with E-state index >= 15 is 0 Å². The van der Waals surface area contributed by atoms with Crippen molar-refractivity contribution in [3.63, 3.8) is 0 Å². The molecule has 2 aromatic rings. The van der Waals surface area contributed by atoms with Crippen molar-refractivity contribution in [1.82, 2.24) is 5.43 Å². The average molecular weight is 293 g/mol. The second kappa shape index (κ2) is 6.36. The van der Waals surface area contributed by atoms with Gasteiger partial charge in [0.15, 0.2) is 0 Å². The van der Waals surface area contributed by atoms with Crippen LogP contribution < -0.4 is 5.43 Å². The summed E-state index contributed by atoms with van der Waals surface area (Å²) >= 11 is 11.9. The number of hydrogen-bond donors (Lipinski definition) is 1. The number of halogens is 2. The number of amides is 1. The van der Waals surface area contributed by atoms with E-state index in [9.17, 15) is 4.79 Å². The molecule has 0 unspecified atom stereocenters. The van der Waals surface area contributed by atoms with Gasteiger partial charge in [0, 0.05) is 11.1 Å². The normalized spacial score (nSPS) is 10.6. The zero-order chi connectivity index (χ0) is 13.7. The van der Waals surface area contributed by atoms with Gasteiger partial charge >= 0.3 is 0 Å². The Balaban J connectivity index is 2.07. The predicted molar refractivity (Wildman–Crippen MR) is 78.0 cm³/mol. The fourth-order valence-electron chi connectivity index (χ4n) is 1.44. The number of nitrogens with one attached hydrogen (secondary N) is 1. The summed E-state index contributed by atoms with van der Waals surface area (Å²) in [5, 5.41) is 4.80. The zero-order valence-electron chi connectivity index (χ0n) is 9.81. The summed E-state index contributed by atoms with van der Waals surface area (Å²) in [6, 6.07) is 13.9. The lowest BCUT2D eigenvalue weighted by molar-refractivity contribution is 0.0955. The molecule has 0 atom stereocenters. The number of nitrogens with zero attached hydrogens (tertiary/aromatic N) is 1.